The van der Waals surface area contributed by atoms with Crippen LogP contribution in [0.2, 0.25) is 0 Å². The lowest BCUT2D eigenvalue weighted by atomic mass is 10.2. The maximum Gasteiger partial charge on any atom is 0.0952 e. The van der Waals surface area contributed by atoms with Gasteiger partial charge in [0.1, 0.15) is 0 Å². The molecule has 1 aromatic carbocycles. The second-order valence-corrected chi connectivity index (χ2v) is 6.04. The lowest BCUT2D eigenvalue weighted by molar-refractivity contribution is -0.393. The van der Waals surface area contributed by atoms with E-state index in [1.165, 1.54) is 12.1 Å². The van der Waals surface area contributed by atoms with E-state index < -0.39 is 5.97 Å². The fourth-order valence-electron chi connectivity index (χ4n) is 0.824. The Morgan fingerprint density at radius 1 is 0.895 bits per heavy atom. The smallest absolute Gasteiger partial charge is 0.0952 e. The first kappa shape index (κ1) is 17.6. The van der Waals surface area contributed by atoms with Gasteiger partial charge in [0.25, 0.3) is 0 Å². The number of carboxylic acids is 1. The van der Waals surface area contributed by atoms with E-state index in [2.05, 4.69) is 0 Å². The minimum absolute atomic E-state index is 0.215. The van der Waals surface area contributed by atoms with Gasteiger partial charge in [-0.05, 0) is 47.1 Å². The number of rotatable bonds is 2. The van der Waals surface area contributed by atoms with Gasteiger partial charge in [0.2, 0.25) is 0 Å². The maximum atomic E-state index is 10.1. The van der Waals surface area contributed by atoms with Crippen LogP contribution in [0.25, 0.3) is 0 Å². The minimum Gasteiger partial charge on any atom is -0.545 e. The molecule has 0 aliphatic rings. The molecule has 4 nitrogen and oxygen atoms in total. The van der Waals surface area contributed by atoms with Crippen molar-refractivity contribution in [3.05, 3.63) is 35.9 Å². The van der Waals surface area contributed by atoms with Gasteiger partial charge in [-0.25, -0.2) is 9.78 Å². The van der Waals surface area contributed by atoms with Crippen LogP contribution in [0.5, 0.6) is 0 Å². The predicted octanol–water partition coefficient (Wildman–Crippen LogP) is 2.58. The maximum absolute atomic E-state index is 10.1. The lowest BCUT2D eigenvalue weighted by Crippen LogP contribution is -2.27. The molecule has 0 N–H and O–H groups in total. The van der Waals surface area contributed by atoms with E-state index in [0.717, 1.165) is 0 Å². The first-order valence-electron chi connectivity index (χ1n) is 6.14. The normalized spacial score (nSPS) is 11.5. The van der Waals surface area contributed by atoms with E-state index in [0.29, 0.717) is 0 Å². The Morgan fingerprint density at radius 2 is 1.26 bits per heavy atom. The zero-order valence-electron chi connectivity index (χ0n) is 12.5. The highest BCUT2D eigenvalue weighted by Crippen LogP contribution is 2.14. The Bertz CT molecular complexity index is 357. The molecule has 0 fully saturated rings. The highest BCUT2D eigenvalue weighted by Gasteiger charge is 2.18. The number of carboxylic acid groups (broad SMARTS) is 1. The molecule has 0 unspecified atom stereocenters. The summed E-state index contributed by atoms with van der Waals surface area (Å²) in [6, 6.07) is 8.06. The van der Waals surface area contributed by atoms with E-state index in [9.17, 15) is 9.90 Å². The Labute approximate surface area is 115 Å². The summed E-state index contributed by atoms with van der Waals surface area (Å²) in [7, 11) is 0. The Morgan fingerprint density at radius 3 is 1.47 bits per heavy atom. The third-order valence-corrected chi connectivity index (χ3v) is 1.55. The van der Waals surface area contributed by atoms with Gasteiger partial charge in [0.05, 0.1) is 17.2 Å². The molecule has 0 atom stereocenters. The summed E-state index contributed by atoms with van der Waals surface area (Å²) >= 11 is 0. The predicted molar refractivity (Wildman–Crippen MR) is 72.4 cm³/mol. The second kappa shape index (κ2) is 7.26. The summed E-state index contributed by atoms with van der Waals surface area (Å²) in [4.78, 5) is 20.3. The molecule has 4 heteroatoms. The van der Waals surface area contributed by atoms with Gasteiger partial charge in [0.15, 0.2) is 0 Å². The number of hydrogen-bond donors (Lipinski definition) is 0. The molecule has 0 saturated carbocycles. The molecular weight excluding hydrogens is 244 g/mol. The number of benzene rings is 1. The molecule has 0 aliphatic heterocycles. The Hall–Kier alpha value is -1.39. The number of carbonyl (C=O) groups is 1. The van der Waals surface area contributed by atoms with E-state index in [4.69, 9.17) is 9.78 Å². The molecule has 0 saturated heterocycles. The summed E-state index contributed by atoms with van der Waals surface area (Å²) in [6.45, 7) is 11.7. The van der Waals surface area contributed by atoms with Crippen molar-refractivity contribution >= 4 is 5.97 Å². The van der Waals surface area contributed by atoms with E-state index in [-0.39, 0.29) is 16.8 Å². The highest BCUT2D eigenvalue weighted by atomic mass is 17.2. The van der Waals surface area contributed by atoms with E-state index >= 15 is 0 Å². The van der Waals surface area contributed by atoms with Crippen LogP contribution in [0.4, 0.5) is 0 Å². The van der Waals surface area contributed by atoms with Crippen LogP contribution in [0.1, 0.15) is 51.9 Å². The van der Waals surface area contributed by atoms with Gasteiger partial charge in [0, 0.05) is 0 Å². The lowest BCUT2D eigenvalue weighted by Gasteiger charge is -2.24. The van der Waals surface area contributed by atoms with Crippen molar-refractivity contribution < 1.29 is 19.7 Å². The zero-order chi connectivity index (χ0) is 15.1. The second-order valence-electron chi connectivity index (χ2n) is 6.04. The van der Waals surface area contributed by atoms with E-state index in [1.54, 1.807) is 18.2 Å². The largest absolute Gasteiger partial charge is 0.545 e. The van der Waals surface area contributed by atoms with Crippen LogP contribution in [0.3, 0.4) is 0 Å². The summed E-state index contributed by atoms with van der Waals surface area (Å²) in [5, 5.41) is 10.1. The van der Waals surface area contributed by atoms with Crippen molar-refractivity contribution in [2.75, 3.05) is 0 Å². The molecule has 1 aromatic rings. The first-order chi connectivity index (χ1) is 8.51. The highest BCUT2D eigenvalue weighted by molar-refractivity contribution is 5.85. The van der Waals surface area contributed by atoms with Crippen LogP contribution >= 0.6 is 0 Å². The standard InChI is InChI=1S/C8H18O2.C7H6O2/c1-7(2,3)9-10-8(4,5)6;8-7(9)6-4-2-1-3-5-6/h1-6H3;1-5H,(H,8,9)/p-1. The summed E-state index contributed by atoms with van der Waals surface area (Å²) < 4.78 is 0. The average Bonchev–Trinajstić information content (AvgIpc) is 2.27. The van der Waals surface area contributed by atoms with Crippen LogP contribution in [-0.4, -0.2) is 17.2 Å². The van der Waals surface area contributed by atoms with Crippen molar-refractivity contribution in [3.8, 4) is 0 Å². The van der Waals surface area contributed by atoms with Crippen LogP contribution in [0, 0.1) is 0 Å². The van der Waals surface area contributed by atoms with Crippen molar-refractivity contribution in [1.29, 1.82) is 0 Å². The SMILES string of the molecule is CC(C)(C)OOC(C)(C)C.O=C([O-])c1ccccc1. The molecule has 0 bridgehead atoms. The van der Waals surface area contributed by atoms with Crippen molar-refractivity contribution in [2.24, 2.45) is 0 Å². The fourth-order valence-corrected chi connectivity index (χ4v) is 0.824. The van der Waals surface area contributed by atoms with Crippen LogP contribution < -0.4 is 5.11 Å². The van der Waals surface area contributed by atoms with Gasteiger partial charge in [-0.1, -0.05) is 30.3 Å². The van der Waals surface area contributed by atoms with Crippen molar-refractivity contribution in [2.45, 2.75) is 52.7 Å². The summed E-state index contributed by atoms with van der Waals surface area (Å²) in [5.41, 5.74) is -0.210. The fraction of sp³-hybridized carbons (Fsp3) is 0.533. The van der Waals surface area contributed by atoms with Gasteiger partial charge in [-0.2, -0.15) is 0 Å². The molecule has 108 valence electrons. The molecule has 19 heavy (non-hydrogen) atoms. The number of carbonyl (C=O) groups excluding carboxylic acids is 1. The molecule has 0 radical (unpaired) electrons. The molecule has 0 aromatic heterocycles. The van der Waals surface area contributed by atoms with Crippen molar-refractivity contribution in [3.63, 3.8) is 0 Å². The molecule has 0 amide bonds. The Kier molecular flexibility index (Phi) is 6.73. The molecule has 0 aliphatic carbocycles. The topological polar surface area (TPSA) is 58.6 Å². The van der Waals surface area contributed by atoms with E-state index in [1.807, 2.05) is 41.5 Å². The third kappa shape index (κ3) is 11.4. The first-order valence-corrected chi connectivity index (χ1v) is 6.14. The number of hydrogen-bond acceptors (Lipinski definition) is 4. The Balaban J connectivity index is 0.000000342. The molecule has 0 spiro atoms. The van der Waals surface area contributed by atoms with Gasteiger partial charge >= 0.3 is 0 Å². The quantitative estimate of drug-likeness (QED) is 0.610. The van der Waals surface area contributed by atoms with Gasteiger partial charge in [-0.3, -0.25) is 0 Å². The average molecular weight is 267 g/mol. The number of aromatic carboxylic acids is 1. The van der Waals surface area contributed by atoms with Gasteiger partial charge < -0.3 is 9.90 Å². The van der Waals surface area contributed by atoms with Gasteiger partial charge in [-0.15, -0.1) is 0 Å². The third-order valence-electron chi connectivity index (χ3n) is 1.55. The molecule has 1 rings (SSSR count). The summed E-state index contributed by atoms with van der Waals surface area (Å²) in [6.07, 6.45) is 0. The monoisotopic (exact) mass is 267 g/mol. The summed E-state index contributed by atoms with van der Waals surface area (Å²) in [5.74, 6) is -1.13. The van der Waals surface area contributed by atoms with Crippen LogP contribution in [0.15, 0.2) is 30.3 Å². The van der Waals surface area contributed by atoms with Crippen molar-refractivity contribution in [1.82, 2.24) is 0 Å². The zero-order valence-corrected chi connectivity index (χ0v) is 12.5. The minimum atomic E-state index is -1.13. The molecular formula is C15H23O4-. The van der Waals surface area contributed by atoms with Crippen LogP contribution in [-0.2, 0) is 9.78 Å². The molecule has 0 heterocycles.